The second-order valence-electron chi connectivity index (χ2n) is 4.75. The molecule has 0 saturated carbocycles. The smallest absolute Gasteiger partial charge is 0.214 e. The monoisotopic (exact) mass is 363 g/mol. The van der Waals surface area contributed by atoms with Gasteiger partial charge in [0.25, 0.3) is 0 Å². The zero-order chi connectivity index (χ0) is 15.2. The van der Waals surface area contributed by atoms with Crippen LogP contribution in [0.25, 0.3) is 0 Å². The van der Waals surface area contributed by atoms with Gasteiger partial charge in [-0.15, -0.1) is 0 Å². The summed E-state index contributed by atoms with van der Waals surface area (Å²) < 4.78 is 31.8. The summed E-state index contributed by atoms with van der Waals surface area (Å²) in [5, 5.41) is 8.98. The molecule has 21 heavy (non-hydrogen) atoms. The Kier molecular flexibility index (Phi) is 3.27. The summed E-state index contributed by atoms with van der Waals surface area (Å²) >= 11 is 3.27. The van der Waals surface area contributed by atoms with E-state index in [2.05, 4.69) is 22.0 Å². The Morgan fingerprint density at radius 1 is 1.14 bits per heavy atom. The number of ether oxygens (including phenoxy) is 1. The summed E-state index contributed by atoms with van der Waals surface area (Å²) in [5.41, 5.74) is 0.655. The normalized spacial score (nSPS) is 16.0. The van der Waals surface area contributed by atoms with Gasteiger partial charge in [-0.3, -0.25) is 0 Å². The molecule has 1 aliphatic rings. The maximum atomic E-state index is 12.7. The molecule has 0 amide bonds. The highest BCUT2D eigenvalue weighted by Gasteiger charge is 2.32. The van der Waals surface area contributed by atoms with Crippen LogP contribution < -0.4 is 4.74 Å². The second-order valence-corrected chi connectivity index (χ2v) is 7.56. The SMILES string of the molecule is CC(C#N)c1ccc2c(c1)S(=O)(=O)c1cc(Br)ccc1O2. The summed E-state index contributed by atoms with van der Waals surface area (Å²) in [6, 6.07) is 11.8. The molecule has 0 fully saturated rings. The van der Waals surface area contributed by atoms with Crippen molar-refractivity contribution in [1.82, 2.24) is 0 Å². The van der Waals surface area contributed by atoms with E-state index < -0.39 is 9.84 Å². The van der Waals surface area contributed by atoms with Gasteiger partial charge in [-0.25, -0.2) is 8.42 Å². The van der Waals surface area contributed by atoms with Gasteiger partial charge in [-0.2, -0.15) is 5.26 Å². The third kappa shape index (κ3) is 2.23. The Morgan fingerprint density at radius 2 is 1.76 bits per heavy atom. The molecule has 0 aliphatic carbocycles. The van der Waals surface area contributed by atoms with Crippen LogP contribution in [0.2, 0.25) is 0 Å². The molecule has 0 bridgehead atoms. The predicted octanol–water partition coefficient (Wildman–Crippen LogP) is 4.01. The van der Waals surface area contributed by atoms with Crippen LogP contribution in [0.1, 0.15) is 18.4 Å². The Balaban J connectivity index is 2.24. The van der Waals surface area contributed by atoms with E-state index in [0.717, 1.165) is 0 Å². The molecule has 6 heteroatoms. The van der Waals surface area contributed by atoms with Crippen LogP contribution in [0.3, 0.4) is 0 Å². The Bertz CT molecular complexity index is 884. The fourth-order valence-electron chi connectivity index (χ4n) is 2.18. The molecule has 1 unspecified atom stereocenters. The fourth-order valence-corrected chi connectivity index (χ4v) is 4.25. The van der Waals surface area contributed by atoms with Gasteiger partial charge in [0, 0.05) is 4.47 Å². The molecule has 4 nitrogen and oxygen atoms in total. The van der Waals surface area contributed by atoms with Gasteiger partial charge in [0.2, 0.25) is 9.84 Å². The van der Waals surface area contributed by atoms with Crippen LogP contribution in [-0.4, -0.2) is 8.42 Å². The number of nitrogens with zero attached hydrogens (tertiary/aromatic N) is 1. The molecule has 0 aromatic heterocycles. The summed E-state index contributed by atoms with van der Waals surface area (Å²) in [4.78, 5) is 0.235. The van der Waals surface area contributed by atoms with Crippen molar-refractivity contribution in [3.63, 3.8) is 0 Å². The van der Waals surface area contributed by atoms with Gasteiger partial charge in [-0.05, 0) is 42.8 Å². The van der Waals surface area contributed by atoms with Crippen LogP contribution >= 0.6 is 15.9 Å². The summed E-state index contributed by atoms with van der Waals surface area (Å²) in [5.74, 6) is 0.222. The van der Waals surface area contributed by atoms with Crippen molar-refractivity contribution in [2.75, 3.05) is 0 Å². The molecule has 1 aliphatic heterocycles. The Morgan fingerprint density at radius 3 is 2.43 bits per heavy atom. The average molecular weight is 364 g/mol. The van der Waals surface area contributed by atoms with Crippen molar-refractivity contribution in [3.8, 4) is 17.6 Å². The van der Waals surface area contributed by atoms with Crippen molar-refractivity contribution in [2.45, 2.75) is 22.6 Å². The first kappa shape index (κ1) is 14.1. The van der Waals surface area contributed by atoms with E-state index in [-0.39, 0.29) is 15.7 Å². The molecule has 106 valence electrons. The number of sulfone groups is 1. The lowest BCUT2D eigenvalue weighted by Crippen LogP contribution is -2.11. The van der Waals surface area contributed by atoms with Gasteiger partial charge in [-0.1, -0.05) is 22.0 Å². The van der Waals surface area contributed by atoms with Crippen molar-refractivity contribution in [1.29, 1.82) is 5.26 Å². The molecule has 2 aromatic rings. The molecule has 0 N–H and O–H groups in total. The van der Waals surface area contributed by atoms with Crippen molar-refractivity contribution in [2.24, 2.45) is 0 Å². The second kappa shape index (κ2) is 4.86. The molecule has 1 heterocycles. The molecular weight excluding hydrogens is 354 g/mol. The van der Waals surface area contributed by atoms with Crippen LogP contribution in [0.4, 0.5) is 0 Å². The van der Waals surface area contributed by atoms with Crippen LogP contribution in [0, 0.1) is 11.3 Å². The van der Waals surface area contributed by atoms with E-state index in [9.17, 15) is 8.42 Å². The quantitative estimate of drug-likeness (QED) is 0.654. The number of hydrogen-bond donors (Lipinski definition) is 0. The number of fused-ring (bicyclic) bond motifs is 2. The molecule has 0 radical (unpaired) electrons. The lowest BCUT2D eigenvalue weighted by molar-refractivity contribution is 0.442. The topological polar surface area (TPSA) is 67.2 Å². The van der Waals surface area contributed by atoms with Crippen LogP contribution in [0.5, 0.6) is 11.5 Å². The van der Waals surface area contributed by atoms with E-state index in [4.69, 9.17) is 10.00 Å². The van der Waals surface area contributed by atoms with Crippen molar-refractivity contribution < 1.29 is 13.2 Å². The van der Waals surface area contributed by atoms with Gasteiger partial charge in [0.05, 0.1) is 12.0 Å². The maximum absolute atomic E-state index is 12.7. The van der Waals surface area contributed by atoms with Gasteiger partial charge in [0.1, 0.15) is 21.3 Å². The molecule has 0 saturated heterocycles. The minimum absolute atomic E-state index is 0.104. The van der Waals surface area contributed by atoms with Crippen LogP contribution in [-0.2, 0) is 9.84 Å². The zero-order valence-corrected chi connectivity index (χ0v) is 13.4. The fraction of sp³-hybridized carbons (Fsp3) is 0.133. The Labute approximate surface area is 131 Å². The number of halogens is 1. The highest BCUT2D eigenvalue weighted by Crippen LogP contribution is 2.44. The first-order valence-electron chi connectivity index (χ1n) is 6.19. The summed E-state index contributed by atoms with van der Waals surface area (Å²) in [6.07, 6.45) is 0. The van der Waals surface area contributed by atoms with Gasteiger partial charge < -0.3 is 4.74 Å². The average Bonchev–Trinajstić information content (AvgIpc) is 2.47. The highest BCUT2D eigenvalue weighted by atomic mass is 79.9. The minimum atomic E-state index is -3.65. The number of rotatable bonds is 1. The maximum Gasteiger partial charge on any atom is 0.214 e. The Hall–Kier alpha value is -1.84. The molecular formula is C15H10BrNO3S. The van der Waals surface area contributed by atoms with E-state index in [0.29, 0.717) is 21.5 Å². The zero-order valence-electron chi connectivity index (χ0n) is 11.0. The molecule has 2 aromatic carbocycles. The van der Waals surface area contributed by atoms with E-state index in [1.807, 2.05) is 0 Å². The van der Waals surface area contributed by atoms with E-state index >= 15 is 0 Å². The highest BCUT2D eigenvalue weighted by molar-refractivity contribution is 9.10. The number of hydrogen-bond acceptors (Lipinski definition) is 4. The third-order valence-corrected chi connectivity index (χ3v) is 5.66. The van der Waals surface area contributed by atoms with E-state index in [1.54, 1.807) is 31.2 Å². The first-order chi connectivity index (χ1) is 9.93. The largest absolute Gasteiger partial charge is 0.455 e. The lowest BCUT2D eigenvalue weighted by atomic mass is 10.0. The third-order valence-electron chi connectivity index (χ3n) is 3.37. The molecule has 1 atom stereocenters. The minimum Gasteiger partial charge on any atom is -0.455 e. The summed E-state index contributed by atoms with van der Waals surface area (Å²) in [6.45, 7) is 1.72. The number of nitriles is 1. The van der Waals surface area contributed by atoms with E-state index in [1.165, 1.54) is 12.1 Å². The lowest BCUT2D eigenvalue weighted by Gasteiger charge is -2.21. The molecule has 3 rings (SSSR count). The van der Waals surface area contributed by atoms with Crippen LogP contribution in [0.15, 0.2) is 50.7 Å². The van der Waals surface area contributed by atoms with Crippen molar-refractivity contribution >= 4 is 25.8 Å². The van der Waals surface area contributed by atoms with Gasteiger partial charge >= 0.3 is 0 Å². The van der Waals surface area contributed by atoms with Crippen molar-refractivity contribution in [3.05, 3.63) is 46.4 Å². The summed E-state index contributed by atoms with van der Waals surface area (Å²) in [7, 11) is -3.65. The van der Waals surface area contributed by atoms with Gasteiger partial charge in [0.15, 0.2) is 0 Å². The predicted molar refractivity (Wildman–Crippen MR) is 80.1 cm³/mol. The first-order valence-corrected chi connectivity index (χ1v) is 8.47. The number of benzene rings is 2. The standard InChI is InChI=1S/C15H10BrNO3S/c1-9(8-17)10-2-4-12-14(6-10)21(18,19)15-7-11(16)3-5-13(15)20-12/h2-7,9H,1H3. The molecule has 0 spiro atoms.